The van der Waals surface area contributed by atoms with Crippen LogP contribution in [0, 0.1) is 6.92 Å². The molecule has 2 heterocycles. The van der Waals surface area contributed by atoms with Gasteiger partial charge in [-0.15, -0.1) is 0 Å². The van der Waals surface area contributed by atoms with Crippen LogP contribution < -0.4 is 0 Å². The van der Waals surface area contributed by atoms with E-state index >= 15 is 0 Å². The lowest BCUT2D eigenvalue weighted by molar-refractivity contribution is 0.0461. The molecule has 0 aliphatic carbocycles. The second-order valence-corrected chi connectivity index (χ2v) is 6.66. The molecule has 1 aromatic heterocycles. The fourth-order valence-electron chi connectivity index (χ4n) is 3.54. The highest BCUT2D eigenvalue weighted by atomic mass is 16.3. The van der Waals surface area contributed by atoms with Crippen LogP contribution in [0.15, 0.2) is 6.07 Å². The van der Waals surface area contributed by atoms with Gasteiger partial charge in [0.2, 0.25) is 0 Å². The molecule has 0 aromatic carbocycles. The predicted octanol–water partition coefficient (Wildman–Crippen LogP) is 2.08. The first-order valence-corrected chi connectivity index (χ1v) is 9.25. The molecular formula is C18H32N4O2. The second kappa shape index (κ2) is 8.62. The lowest BCUT2D eigenvalue weighted by Crippen LogP contribution is -2.53. The largest absolute Gasteiger partial charge is 0.395 e. The van der Waals surface area contributed by atoms with E-state index in [4.69, 9.17) is 0 Å². The minimum atomic E-state index is 0.0826. The molecule has 24 heavy (non-hydrogen) atoms. The summed E-state index contributed by atoms with van der Waals surface area (Å²) in [7, 11) is 0. The van der Waals surface area contributed by atoms with Crippen molar-refractivity contribution in [1.29, 1.82) is 0 Å². The topological polar surface area (TPSA) is 61.6 Å². The molecule has 1 fully saturated rings. The molecule has 6 heteroatoms. The maximum atomic E-state index is 13.0. The van der Waals surface area contributed by atoms with Gasteiger partial charge >= 0.3 is 0 Å². The molecule has 0 spiro atoms. The first-order valence-electron chi connectivity index (χ1n) is 9.25. The summed E-state index contributed by atoms with van der Waals surface area (Å²) in [6, 6.07) is 2.40. The van der Waals surface area contributed by atoms with Crippen LogP contribution in [0.3, 0.4) is 0 Å². The Kier molecular flexibility index (Phi) is 6.80. The van der Waals surface area contributed by atoms with Crippen molar-refractivity contribution < 1.29 is 9.90 Å². The van der Waals surface area contributed by atoms with Crippen molar-refractivity contribution in [1.82, 2.24) is 19.6 Å². The van der Waals surface area contributed by atoms with E-state index in [0.717, 1.165) is 38.0 Å². The van der Waals surface area contributed by atoms with E-state index < -0.39 is 0 Å². The average Bonchev–Trinajstić information content (AvgIpc) is 2.99. The average molecular weight is 336 g/mol. The third-order valence-electron chi connectivity index (χ3n) is 5.17. The van der Waals surface area contributed by atoms with Gasteiger partial charge in [0.15, 0.2) is 0 Å². The molecule has 1 unspecified atom stereocenters. The Labute approximate surface area is 145 Å². The van der Waals surface area contributed by atoms with Crippen molar-refractivity contribution in [2.75, 3.05) is 32.8 Å². The molecule has 0 bridgehead atoms. The maximum Gasteiger partial charge on any atom is 0.272 e. The molecule has 6 nitrogen and oxygen atoms in total. The lowest BCUT2D eigenvalue weighted by atomic mass is 10.1. The number of nitrogens with zero attached hydrogens (tertiary/aromatic N) is 4. The van der Waals surface area contributed by atoms with Crippen molar-refractivity contribution in [3.63, 3.8) is 0 Å². The highest BCUT2D eigenvalue weighted by Crippen LogP contribution is 2.20. The highest BCUT2D eigenvalue weighted by Gasteiger charge is 2.28. The fourth-order valence-corrected chi connectivity index (χ4v) is 3.54. The molecule has 0 radical (unpaired) electrons. The molecule has 1 atom stereocenters. The minimum Gasteiger partial charge on any atom is -0.395 e. The first-order chi connectivity index (χ1) is 11.5. The van der Waals surface area contributed by atoms with E-state index in [9.17, 15) is 9.90 Å². The monoisotopic (exact) mass is 336 g/mol. The van der Waals surface area contributed by atoms with Gasteiger partial charge in [-0.1, -0.05) is 20.8 Å². The lowest BCUT2D eigenvalue weighted by Gasteiger charge is -2.38. The molecule has 1 N–H and O–H groups in total. The Hall–Kier alpha value is -1.40. The first kappa shape index (κ1) is 18.9. The highest BCUT2D eigenvalue weighted by molar-refractivity contribution is 5.92. The molecule has 1 aliphatic rings. The summed E-state index contributed by atoms with van der Waals surface area (Å²) >= 11 is 0. The van der Waals surface area contributed by atoms with E-state index in [1.54, 1.807) is 0 Å². The van der Waals surface area contributed by atoms with Gasteiger partial charge in [-0.2, -0.15) is 5.10 Å². The zero-order chi connectivity index (χ0) is 17.7. The molecule has 1 aromatic rings. The number of aliphatic hydroxyl groups excluding tert-OH is 1. The molecule has 1 saturated heterocycles. The fraction of sp³-hybridized carbons (Fsp3) is 0.778. The molecule has 136 valence electrons. The van der Waals surface area contributed by atoms with Gasteiger partial charge in [0.1, 0.15) is 5.69 Å². The molecule has 1 amide bonds. The molecule has 0 saturated carbocycles. The van der Waals surface area contributed by atoms with E-state index in [-0.39, 0.29) is 24.6 Å². The molecule has 1 aliphatic heterocycles. The normalized spacial score (nSPS) is 17.5. The summed E-state index contributed by atoms with van der Waals surface area (Å²) < 4.78 is 1.92. The summed E-state index contributed by atoms with van der Waals surface area (Å²) in [5, 5.41) is 14.0. The predicted molar refractivity (Wildman–Crippen MR) is 95.2 cm³/mol. The summed E-state index contributed by atoms with van der Waals surface area (Å²) in [5.74, 6) is 0.0826. The van der Waals surface area contributed by atoms with Crippen LogP contribution in [0.1, 0.15) is 62.3 Å². The Morgan fingerprint density at radius 1 is 1.12 bits per heavy atom. The summed E-state index contributed by atoms with van der Waals surface area (Å²) in [4.78, 5) is 17.2. The number of carbonyl (C=O) groups excluding carboxylic acids is 1. The Morgan fingerprint density at radius 3 is 2.21 bits per heavy atom. The maximum absolute atomic E-state index is 13.0. The van der Waals surface area contributed by atoms with Gasteiger partial charge in [0, 0.05) is 32.2 Å². The van der Waals surface area contributed by atoms with E-state index in [1.165, 1.54) is 0 Å². The standard InChI is InChI=1S/C18H32N4O2/c1-5-15(6-2)22-17(12-14(4)19-22)18(24)21-10-8-20(9-11-21)16(7-3)13-23/h12,15-16,23H,5-11,13H2,1-4H3. The zero-order valence-corrected chi connectivity index (χ0v) is 15.5. The quantitative estimate of drug-likeness (QED) is 0.828. The van der Waals surface area contributed by atoms with Crippen molar-refractivity contribution in [3.8, 4) is 0 Å². The molecular weight excluding hydrogens is 304 g/mol. The number of rotatable bonds is 7. The van der Waals surface area contributed by atoms with Gasteiger partial charge in [-0.3, -0.25) is 14.4 Å². The number of aromatic nitrogens is 2. The number of carbonyl (C=O) groups is 1. The number of aryl methyl sites for hydroxylation is 1. The van der Waals surface area contributed by atoms with Crippen LogP contribution in [-0.2, 0) is 0 Å². The number of piperazine rings is 1. The summed E-state index contributed by atoms with van der Waals surface area (Å²) in [6.07, 6.45) is 2.88. The van der Waals surface area contributed by atoms with Crippen molar-refractivity contribution in [3.05, 3.63) is 17.5 Å². The molecule has 2 rings (SSSR count). The summed E-state index contributed by atoms with van der Waals surface area (Å²) in [5.41, 5.74) is 1.61. The second-order valence-electron chi connectivity index (χ2n) is 6.66. The van der Waals surface area contributed by atoms with Gasteiger partial charge in [0.05, 0.1) is 18.3 Å². The third-order valence-corrected chi connectivity index (χ3v) is 5.17. The SMILES string of the molecule is CCC(CO)N1CCN(C(=O)c2cc(C)nn2C(CC)CC)CC1. The van der Waals surface area contributed by atoms with Crippen molar-refractivity contribution >= 4 is 5.91 Å². The van der Waals surface area contributed by atoms with Crippen LogP contribution in [0.2, 0.25) is 0 Å². The number of hydrogen-bond donors (Lipinski definition) is 1. The van der Waals surface area contributed by atoms with Crippen LogP contribution in [0.25, 0.3) is 0 Å². The van der Waals surface area contributed by atoms with Crippen LogP contribution in [-0.4, -0.2) is 69.4 Å². The number of hydrogen-bond acceptors (Lipinski definition) is 4. The van der Waals surface area contributed by atoms with Crippen LogP contribution in [0.4, 0.5) is 0 Å². The third kappa shape index (κ3) is 3.98. The number of aliphatic hydroxyl groups is 1. The van der Waals surface area contributed by atoms with Crippen molar-refractivity contribution in [2.24, 2.45) is 0 Å². The van der Waals surface area contributed by atoms with E-state index in [0.29, 0.717) is 18.8 Å². The van der Waals surface area contributed by atoms with Gasteiger partial charge in [0.25, 0.3) is 5.91 Å². The van der Waals surface area contributed by atoms with E-state index in [1.807, 2.05) is 22.6 Å². The Morgan fingerprint density at radius 2 is 1.71 bits per heavy atom. The van der Waals surface area contributed by atoms with Crippen LogP contribution in [0.5, 0.6) is 0 Å². The summed E-state index contributed by atoms with van der Waals surface area (Å²) in [6.45, 7) is 11.6. The van der Waals surface area contributed by atoms with Gasteiger partial charge in [-0.25, -0.2) is 0 Å². The van der Waals surface area contributed by atoms with Crippen molar-refractivity contribution in [2.45, 2.75) is 59.0 Å². The zero-order valence-electron chi connectivity index (χ0n) is 15.5. The smallest absolute Gasteiger partial charge is 0.272 e. The Balaban J connectivity index is 2.08. The number of amides is 1. The minimum absolute atomic E-state index is 0.0826. The Bertz CT molecular complexity index is 527. The van der Waals surface area contributed by atoms with Crippen LogP contribution >= 0.6 is 0 Å². The van der Waals surface area contributed by atoms with E-state index in [2.05, 4.69) is 30.8 Å². The van der Waals surface area contributed by atoms with Gasteiger partial charge in [-0.05, 0) is 32.3 Å². The van der Waals surface area contributed by atoms with Gasteiger partial charge < -0.3 is 10.0 Å².